The summed E-state index contributed by atoms with van der Waals surface area (Å²) in [6.45, 7) is 16.7. The van der Waals surface area contributed by atoms with Crippen molar-refractivity contribution in [3.8, 4) is 0 Å². The molecule has 0 unspecified atom stereocenters. The Hall–Kier alpha value is -2.90. The molecule has 1 heterocycles. The first-order valence-corrected chi connectivity index (χ1v) is 13.6. The lowest BCUT2D eigenvalue weighted by Crippen LogP contribution is -2.41. The van der Waals surface area contributed by atoms with Crippen molar-refractivity contribution < 1.29 is 28.4 Å². The van der Waals surface area contributed by atoms with E-state index in [-0.39, 0.29) is 28.6 Å². The molecule has 1 aliphatic heterocycles. The van der Waals surface area contributed by atoms with E-state index in [2.05, 4.69) is 32.9 Å². The second-order valence-electron chi connectivity index (χ2n) is 12.1. The van der Waals surface area contributed by atoms with Crippen LogP contribution in [0.3, 0.4) is 0 Å². The number of rotatable bonds is 4. The number of allylic oxidation sites excluding steroid dienone is 2. The molecule has 0 spiro atoms. The van der Waals surface area contributed by atoms with Crippen LogP contribution in [-0.2, 0) is 18.8 Å². The minimum absolute atomic E-state index is 0.218. The number of hydrogen-bond acceptors (Lipinski definition) is 6. The highest BCUT2D eigenvalue weighted by molar-refractivity contribution is 6.62. The summed E-state index contributed by atoms with van der Waals surface area (Å²) in [5, 5.41) is 0. The van der Waals surface area contributed by atoms with E-state index >= 15 is 0 Å². The summed E-state index contributed by atoms with van der Waals surface area (Å²) in [5.41, 5.74) is 6.34. The monoisotopic (exact) mass is 534 g/mol. The molecular formula is C32H43BO6. The lowest BCUT2D eigenvalue weighted by atomic mass is 9.72. The van der Waals surface area contributed by atoms with Crippen molar-refractivity contribution in [1.82, 2.24) is 0 Å². The van der Waals surface area contributed by atoms with Crippen molar-refractivity contribution in [1.29, 1.82) is 0 Å². The van der Waals surface area contributed by atoms with E-state index in [4.69, 9.17) is 18.8 Å². The lowest BCUT2D eigenvalue weighted by Gasteiger charge is -2.33. The predicted molar refractivity (Wildman–Crippen MR) is 156 cm³/mol. The van der Waals surface area contributed by atoms with E-state index in [0.717, 1.165) is 23.0 Å². The predicted octanol–water partition coefficient (Wildman–Crippen LogP) is 6.46. The SMILES string of the molecule is COC(=O)c1ccc(B2OC(C)(C)C(C)(C)O2)c(C)c1.COC(=O)c1ccc(C2=CCCCC2(C)C)c(C)c1. The first kappa shape index (κ1) is 30.6. The van der Waals surface area contributed by atoms with Gasteiger partial charge in [-0.15, -0.1) is 0 Å². The van der Waals surface area contributed by atoms with E-state index in [1.807, 2.05) is 52.8 Å². The number of carbonyl (C=O) groups excluding carboxylic acids is 2. The Morgan fingerprint density at radius 3 is 1.77 bits per heavy atom. The average Bonchev–Trinajstić information content (AvgIpc) is 3.09. The summed E-state index contributed by atoms with van der Waals surface area (Å²) in [6, 6.07) is 11.2. The second-order valence-corrected chi connectivity index (χ2v) is 12.1. The third kappa shape index (κ3) is 6.64. The molecule has 1 aliphatic carbocycles. The molecule has 0 aromatic heterocycles. The van der Waals surface area contributed by atoms with Crippen LogP contribution >= 0.6 is 0 Å². The molecule has 2 aromatic carbocycles. The Kier molecular flexibility index (Phi) is 9.18. The molecule has 0 bridgehead atoms. The van der Waals surface area contributed by atoms with Gasteiger partial charge in [0.1, 0.15) is 0 Å². The zero-order chi connectivity index (χ0) is 29.2. The highest BCUT2D eigenvalue weighted by atomic mass is 16.7. The topological polar surface area (TPSA) is 71.1 Å². The van der Waals surface area contributed by atoms with Crippen LogP contribution in [0.25, 0.3) is 5.57 Å². The van der Waals surface area contributed by atoms with Gasteiger partial charge in [-0.3, -0.25) is 0 Å². The van der Waals surface area contributed by atoms with Gasteiger partial charge >= 0.3 is 19.1 Å². The molecule has 0 saturated carbocycles. The summed E-state index contributed by atoms with van der Waals surface area (Å²) in [5.74, 6) is -0.611. The van der Waals surface area contributed by atoms with Crippen LogP contribution in [-0.4, -0.2) is 44.5 Å². The summed E-state index contributed by atoms with van der Waals surface area (Å²) in [7, 11) is 2.38. The number of hydrogen-bond donors (Lipinski definition) is 0. The van der Waals surface area contributed by atoms with Crippen molar-refractivity contribution >= 4 is 30.1 Å². The molecule has 2 aromatic rings. The van der Waals surface area contributed by atoms with Gasteiger partial charge in [-0.2, -0.15) is 0 Å². The fourth-order valence-electron chi connectivity index (χ4n) is 5.04. The van der Waals surface area contributed by atoms with Gasteiger partial charge in [0.25, 0.3) is 0 Å². The van der Waals surface area contributed by atoms with Crippen LogP contribution in [0.15, 0.2) is 42.5 Å². The number of ether oxygens (including phenoxy) is 2. The van der Waals surface area contributed by atoms with Gasteiger partial charge in [-0.25, -0.2) is 9.59 Å². The molecular weight excluding hydrogens is 491 g/mol. The maximum Gasteiger partial charge on any atom is 0.495 e. The summed E-state index contributed by atoms with van der Waals surface area (Å²) in [4.78, 5) is 23.1. The quantitative estimate of drug-likeness (QED) is 0.331. The number of methoxy groups -OCH3 is 2. The standard InChI is InChI=1S/C17H22O2.C15H21BO4/c1-12-11-13(16(18)19-4)8-9-14(12)15-7-5-6-10-17(15,2)3;1-10-9-11(13(17)18-6)7-8-12(10)16-19-14(2,3)15(4,5)20-16/h7-9,11H,5-6,10H2,1-4H3;7-9H,1-6H3. The minimum Gasteiger partial charge on any atom is -0.465 e. The Bertz CT molecular complexity index is 1240. The molecule has 1 fully saturated rings. The molecule has 2 aliphatic rings. The zero-order valence-electron chi connectivity index (χ0n) is 25.2. The van der Waals surface area contributed by atoms with Crippen molar-refractivity contribution in [2.24, 2.45) is 5.41 Å². The van der Waals surface area contributed by atoms with E-state index in [1.54, 1.807) is 12.1 Å². The fourth-order valence-corrected chi connectivity index (χ4v) is 5.04. The van der Waals surface area contributed by atoms with Crippen LogP contribution in [0.1, 0.15) is 98.2 Å². The van der Waals surface area contributed by atoms with Crippen LogP contribution in [0, 0.1) is 19.3 Å². The Balaban J connectivity index is 0.000000216. The van der Waals surface area contributed by atoms with Gasteiger partial charge in [-0.05, 0) is 113 Å². The van der Waals surface area contributed by atoms with Gasteiger partial charge < -0.3 is 18.8 Å². The lowest BCUT2D eigenvalue weighted by molar-refractivity contribution is 0.00578. The van der Waals surface area contributed by atoms with Crippen molar-refractivity contribution in [2.45, 2.75) is 85.9 Å². The highest BCUT2D eigenvalue weighted by Gasteiger charge is 2.52. The van der Waals surface area contributed by atoms with Crippen LogP contribution in [0.4, 0.5) is 0 Å². The maximum absolute atomic E-state index is 11.5. The molecule has 39 heavy (non-hydrogen) atoms. The van der Waals surface area contributed by atoms with Crippen LogP contribution in [0.2, 0.25) is 0 Å². The Morgan fingerprint density at radius 2 is 1.31 bits per heavy atom. The van der Waals surface area contributed by atoms with Gasteiger partial charge in [-0.1, -0.05) is 37.6 Å². The number of benzene rings is 2. The van der Waals surface area contributed by atoms with E-state index in [0.29, 0.717) is 11.1 Å². The molecule has 0 amide bonds. The Labute approximate surface area is 234 Å². The normalized spacial score (nSPS) is 18.9. The molecule has 210 valence electrons. The first-order valence-electron chi connectivity index (χ1n) is 13.6. The minimum atomic E-state index is -0.410. The third-order valence-electron chi connectivity index (χ3n) is 8.22. The number of aryl methyl sites for hydroxylation is 2. The Morgan fingerprint density at radius 1 is 0.795 bits per heavy atom. The molecule has 7 heteroatoms. The largest absolute Gasteiger partial charge is 0.495 e. The maximum atomic E-state index is 11.5. The van der Waals surface area contributed by atoms with E-state index in [9.17, 15) is 9.59 Å². The molecule has 0 N–H and O–H groups in total. The van der Waals surface area contributed by atoms with E-state index in [1.165, 1.54) is 38.2 Å². The zero-order valence-corrected chi connectivity index (χ0v) is 25.2. The molecule has 4 rings (SSSR count). The van der Waals surface area contributed by atoms with Crippen LogP contribution in [0.5, 0.6) is 0 Å². The number of esters is 2. The smallest absolute Gasteiger partial charge is 0.465 e. The summed E-state index contributed by atoms with van der Waals surface area (Å²) >= 11 is 0. The highest BCUT2D eigenvalue weighted by Crippen LogP contribution is 2.43. The summed E-state index contributed by atoms with van der Waals surface area (Å²) < 4.78 is 21.5. The molecule has 0 radical (unpaired) electrons. The van der Waals surface area contributed by atoms with Gasteiger partial charge in [0.2, 0.25) is 0 Å². The van der Waals surface area contributed by atoms with Gasteiger partial charge in [0, 0.05) is 0 Å². The third-order valence-corrected chi connectivity index (χ3v) is 8.22. The molecule has 6 nitrogen and oxygen atoms in total. The van der Waals surface area contributed by atoms with Crippen LogP contribution < -0.4 is 5.46 Å². The van der Waals surface area contributed by atoms with Crippen molar-refractivity contribution in [3.63, 3.8) is 0 Å². The fraction of sp³-hybridized carbons (Fsp3) is 0.500. The van der Waals surface area contributed by atoms with Crippen molar-refractivity contribution in [2.75, 3.05) is 14.2 Å². The van der Waals surface area contributed by atoms with Crippen molar-refractivity contribution in [3.05, 3.63) is 70.3 Å². The first-order chi connectivity index (χ1) is 18.1. The van der Waals surface area contributed by atoms with E-state index < -0.39 is 7.12 Å². The number of carbonyl (C=O) groups is 2. The molecule has 1 saturated heterocycles. The van der Waals surface area contributed by atoms with Gasteiger partial charge in [0.15, 0.2) is 0 Å². The summed E-state index contributed by atoms with van der Waals surface area (Å²) in [6.07, 6.45) is 5.98. The average molecular weight is 535 g/mol. The van der Waals surface area contributed by atoms with Gasteiger partial charge in [0.05, 0.1) is 36.5 Å². The second kappa shape index (κ2) is 11.7. The molecule has 0 atom stereocenters.